The smallest absolute Gasteiger partial charge is 0.352 e. The zero-order valence-corrected chi connectivity index (χ0v) is 8.96. The molecule has 0 spiro atoms. The van der Waals surface area contributed by atoms with Crippen molar-refractivity contribution in [3.05, 3.63) is 23.0 Å². The van der Waals surface area contributed by atoms with Crippen molar-refractivity contribution in [2.45, 2.75) is 31.3 Å². The maximum Gasteiger partial charge on any atom is 0.352 e. The van der Waals surface area contributed by atoms with Gasteiger partial charge in [0.15, 0.2) is 5.41 Å². The maximum absolute atomic E-state index is 11.5. The summed E-state index contributed by atoms with van der Waals surface area (Å²) in [6.45, 7) is 3.67. The molecule has 0 amide bonds. The van der Waals surface area contributed by atoms with E-state index in [1.54, 1.807) is 13.0 Å². The Hall–Kier alpha value is -1.78. The second kappa shape index (κ2) is 2.31. The van der Waals surface area contributed by atoms with E-state index >= 15 is 0 Å². The number of carbonyl (C=O) groups excluding carboxylic acids is 1. The molecule has 2 aliphatic rings. The Morgan fingerprint density at radius 1 is 1.62 bits per heavy atom. The van der Waals surface area contributed by atoms with Crippen molar-refractivity contribution in [2.24, 2.45) is 0 Å². The highest BCUT2D eigenvalue weighted by molar-refractivity contribution is 5.97. The van der Waals surface area contributed by atoms with Gasteiger partial charge in [0.05, 0.1) is 0 Å². The summed E-state index contributed by atoms with van der Waals surface area (Å²) in [6.07, 6.45) is 0.638. The Morgan fingerprint density at radius 2 is 2.31 bits per heavy atom. The van der Waals surface area contributed by atoms with Gasteiger partial charge in [-0.2, -0.15) is 0 Å². The van der Waals surface area contributed by atoms with Gasteiger partial charge >= 0.3 is 11.9 Å². The molecule has 84 valence electrons. The number of fused-ring (bicyclic) bond motifs is 1. The van der Waals surface area contributed by atoms with Crippen LogP contribution in [-0.4, -0.2) is 27.6 Å². The summed E-state index contributed by atoms with van der Waals surface area (Å²) in [4.78, 5) is 25.2. The molecule has 1 saturated heterocycles. The molecule has 0 bridgehead atoms. The van der Waals surface area contributed by atoms with Gasteiger partial charge in [0.2, 0.25) is 0 Å². The molecule has 2 N–H and O–H groups in total. The number of carbonyl (C=O) groups is 2. The van der Waals surface area contributed by atoms with Crippen LogP contribution in [-0.2, 0) is 14.9 Å². The average molecular weight is 221 g/mol. The number of nitrogens with one attached hydrogen (secondary N) is 1. The van der Waals surface area contributed by atoms with Crippen LogP contribution in [0.25, 0.3) is 0 Å². The van der Waals surface area contributed by atoms with Crippen molar-refractivity contribution < 1.29 is 19.4 Å². The molecule has 3 rings (SSSR count). The normalized spacial score (nSPS) is 35.0. The van der Waals surface area contributed by atoms with Crippen LogP contribution in [0.15, 0.2) is 6.07 Å². The van der Waals surface area contributed by atoms with Gasteiger partial charge in [0.1, 0.15) is 11.3 Å². The van der Waals surface area contributed by atoms with Crippen molar-refractivity contribution in [2.75, 3.05) is 0 Å². The van der Waals surface area contributed by atoms with Gasteiger partial charge < -0.3 is 14.8 Å². The molecule has 1 saturated carbocycles. The molecule has 16 heavy (non-hydrogen) atoms. The lowest BCUT2D eigenvalue weighted by atomic mass is 9.91. The minimum absolute atomic E-state index is 0.121. The Morgan fingerprint density at radius 3 is 2.69 bits per heavy atom. The molecule has 0 radical (unpaired) electrons. The summed E-state index contributed by atoms with van der Waals surface area (Å²) in [5.41, 5.74) is 0.595. The van der Waals surface area contributed by atoms with Gasteiger partial charge in [-0.25, -0.2) is 4.79 Å². The topological polar surface area (TPSA) is 79.4 Å². The van der Waals surface area contributed by atoms with Crippen LogP contribution in [0, 0.1) is 6.92 Å². The van der Waals surface area contributed by atoms with Crippen molar-refractivity contribution in [3.8, 4) is 0 Å². The molecule has 1 aliphatic heterocycles. The van der Waals surface area contributed by atoms with E-state index in [0.717, 1.165) is 5.56 Å². The van der Waals surface area contributed by atoms with Gasteiger partial charge in [0, 0.05) is 12.1 Å². The number of aromatic amines is 1. The van der Waals surface area contributed by atoms with Crippen molar-refractivity contribution in [1.29, 1.82) is 0 Å². The number of ether oxygens (including phenoxy) is 1. The van der Waals surface area contributed by atoms with Crippen LogP contribution >= 0.6 is 0 Å². The third-order valence-corrected chi connectivity index (χ3v) is 3.72. The zero-order valence-electron chi connectivity index (χ0n) is 8.96. The molecule has 0 aromatic carbocycles. The van der Waals surface area contributed by atoms with Crippen LogP contribution in [0.1, 0.15) is 35.1 Å². The lowest BCUT2D eigenvalue weighted by Gasteiger charge is -2.31. The van der Waals surface area contributed by atoms with Crippen LogP contribution in [0.2, 0.25) is 0 Å². The number of rotatable bonds is 2. The lowest BCUT2D eigenvalue weighted by Crippen LogP contribution is -2.46. The van der Waals surface area contributed by atoms with E-state index in [4.69, 9.17) is 9.84 Å². The summed E-state index contributed by atoms with van der Waals surface area (Å²) >= 11 is 0. The first kappa shape index (κ1) is 9.45. The number of hydrogen-bond donors (Lipinski definition) is 2. The number of H-pyrrole nitrogens is 1. The predicted molar refractivity (Wildman–Crippen MR) is 53.3 cm³/mol. The van der Waals surface area contributed by atoms with E-state index in [1.165, 1.54) is 0 Å². The number of carboxylic acids is 1. The molecule has 5 nitrogen and oxygen atoms in total. The van der Waals surface area contributed by atoms with Crippen LogP contribution in [0.3, 0.4) is 0 Å². The molecule has 1 aromatic rings. The highest BCUT2D eigenvalue weighted by Gasteiger charge is 2.83. The minimum atomic E-state index is -1.01. The van der Waals surface area contributed by atoms with E-state index in [0.29, 0.717) is 12.1 Å². The summed E-state index contributed by atoms with van der Waals surface area (Å²) in [5, 5.41) is 8.88. The molecule has 2 atom stereocenters. The number of esters is 1. The number of aromatic nitrogens is 1. The molecular weight excluding hydrogens is 210 g/mol. The summed E-state index contributed by atoms with van der Waals surface area (Å²) < 4.78 is 5.08. The van der Waals surface area contributed by atoms with Crippen molar-refractivity contribution >= 4 is 11.9 Å². The second-order valence-corrected chi connectivity index (χ2v) is 4.75. The highest BCUT2D eigenvalue weighted by Crippen LogP contribution is 2.68. The summed E-state index contributed by atoms with van der Waals surface area (Å²) in [6, 6.07) is 1.55. The average Bonchev–Trinajstić information content (AvgIpc) is 2.53. The molecule has 1 aliphatic carbocycles. The zero-order chi connectivity index (χ0) is 11.7. The second-order valence-electron chi connectivity index (χ2n) is 4.75. The van der Waals surface area contributed by atoms with E-state index in [9.17, 15) is 9.59 Å². The Balaban J connectivity index is 2.09. The fourth-order valence-electron chi connectivity index (χ4n) is 2.69. The van der Waals surface area contributed by atoms with Crippen LogP contribution in [0.4, 0.5) is 0 Å². The van der Waals surface area contributed by atoms with Crippen molar-refractivity contribution in [3.63, 3.8) is 0 Å². The lowest BCUT2D eigenvalue weighted by molar-refractivity contribution is -0.173. The molecule has 1 aromatic heterocycles. The third kappa shape index (κ3) is 0.787. The van der Waals surface area contributed by atoms with Gasteiger partial charge in [-0.1, -0.05) is 0 Å². The quantitative estimate of drug-likeness (QED) is 0.729. The van der Waals surface area contributed by atoms with Crippen LogP contribution in [0.5, 0.6) is 0 Å². The number of hydrogen-bond acceptors (Lipinski definition) is 3. The minimum Gasteiger partial charge on any atom is -0.477 e. The van der Waals surface area contributed by atoms with Gasteiger partial charge in [0.25, 0.3) is 0 Å². The van der Waals surface area contributed by atoms with E-state index in [1.807, 2.05) is 6.92 Å². The Labute approximate surface area is 91.4 Å². The maximum atomic E-state index is 11.5. The fraction of sp³-hybridized carbons (Fsp3) is 0.455. The third-order valence-electron chi connectivity index (χ3n) is 3.72. The van der Waals surface area contributed by atoms with Crippen molar-refractivity contribution in [1.82, 2.24) is 4.98 Å². The largest absolute Gasteiger partial charge is 0.477 e. The number of carboxylic acid groups (broad SMARTS) is 1. The fourth-order valence-corrected chi connectivity index (χ4v) is 2.69. The van der Waals surface area contributed by atoms with Gasteiger partial charge in [-0.15, -0.1) is 0 Å². The summed E-state index contributed by atoms with van der Waals surface area (Å²) in [7, 11) is 0. The summed E-state index contributed by atoms with van der Waals surface area (Å²) in [5.74, 6) is -1.27. The molecular formula is C11H11NO4. The monoisotopic (exact) mass is 221 g/mol. The van der Waals surface area contributed by atoms with Crippen LogP contribution < -0.4 is 0 Å². The molecule has 2 heterocycles. The van der Waals surface area contributed by atoms with Gasteiger partial charge in [-0.3, -0.25) is 4.79 Å². The number of aryl methyl sites for hydroxylation is 1. The highest BCUT2D eigenvalue weighted by atomic mass is 16.6. The molecule has 5 heteroatoms. The van der Waals surface area contributed by atoms with Gasteiger partial charge in [-0.05, 0) is 25.5 Å². The van der Waals surface area contributed by atoms with E-state index in [2.05, 4.69) is 4.98 Å². The van der Waals surface area contributed by atoms with E-state index in [-0.39, 0.29) is 11.7 Å². The Bertz CT molecular complexity index is 532. The van der Waals surface area contributed by atoms with E-state index < -0.39 is 17.0 Å². The SMILES string of the molecule is Cc1cc(C(=O)O)[nH]c1[C@@]12C[C@]1(C)OC2=O. The molecule has 2 fully saturated rings. The standard InChI is InChI=1S/C11H11NO4/c1-5-3-6(8(13)14)12-7(5)11-4-10(11,2)16-9(11)15/h3,12H,4H2,1-2H3,(H,13,14)/t10-,11+/m0/s1. The predicted octanol–water partition coefficient (Wildman–Crippen LogP) is 0.978. The number of aromatic carboxylic acids is 1. The first-order chi connectivity index (χ1) is 7.41. The first-order valence-electron chi connectivity index (χ1n) is 5.07. The molecule has 0 unspecified atom stereocenters. The Kier molecular flexibility index (Phi) is 1.37. The first-order valence-corrected chi connectivity index (χ1v) is 5.07.